The van der Waals surface area contributed by atoms with Crippen LogP contribution in [0.1, 0.15) is 26.3 Å². The number of nitrogens with two attached hydrogens (primary N) is 1. The van der Waals surface area contributed by atoms with Crippen LogP contribution in [0.5, 0.6) is 0 Å². The van der Waals surface area contributed by atoms with Gasteiger partial charge in [0, 0.05) is 10.0 Å². The van der Waals surface area contributed by atoms with Gasteiger partial charge in [-0.15, -0.1) is 0 Å². The summed E-state index contributed by atoms with van der Waals surface area (Å²) in [6.45, 7) is 0.115. The smallest absolute Gasteiger partial charge is 0.275 e. The minimum absolute atomic E-state index is 0.115. The topological polar surface area (TPSA) is 81.4 Å². The summed E-state index contributed by atoms with van der Waals surface area (Å²) < 4.78 is 0. The number of rotatable bonds is 6. The number of halogens is 2. The van der Waals surface area contributed by atoms with E-state index in [9.17, 15) is 9.59 Å². The molecule has 124 valence electrons. The fourth-order valence-electron chi connectivity index (χ4n) is 1.92. The van der Waals surface area contributed by atoms with Gasteiger partial charge in [-0.2, -0.15) is 0 Å². The Morgan fingerprint density at radius 3 is 2.50 bits per heavy atom. The van der Waals surface area contributed by atoms with E-state index in [4.69, 9.17) is 33.8 Å². The van der Waals surface area contributed by atoms with Crippen molar-refractivity contribution < 1.29 is 14.4 Å². The highest BCUT2D eigenvalue weighted by atomic mass is 35.5. The van der Waals surface area contributed by atoms with Crippen LogP contribution < -0.4 is 11.2 Å². The summed E-state index contributed by atoms with van der Waals surface area (Å²) in [5, 5.41) is 1.06. The van der Waals surface area contributed by atoms with Gasteiger partial charge in [-0.1, -0.05) is 53.6 Å². The van der Waals surface area contributed by atoms with Crippen LogP contribution in [0.4, 0.5) is 0 Å². The van der Waals surface area contributed by atoms with Crippen molar-refractivity contribution in [2.24, 2.45) is 5.73 Å². The van der Waals surface area contributed by atoms with Crippen LogP contribution >= 0.6 is 23.2 Å². The number of carbonyl (C=O) groups excluding carboxylic acids is 2. The predicted octanol–water partition coefficient (Wildman–Crippen LogP) is 3.47. The fourth-order valence-corrected chi connectivity index (χ4v) is 2.39. The number of benzene rings is 2. The normalized spacial score (nSPS) is 10.8. The number of hydrogen-bond acceptors (Lipinski definition) is 3. The number of nitrogens with one attached hydrogen (secondary N) is 1. The van der Waals surface area contributed by atoms with Crippen molar-refractivity contribution in [3.8, 4) is 0 Å². The minimum atomic E-state index is -0.682. The Balaban J connectivity index is 1.89. The standard InChI is InChI=1S/C17H14Cl2N2O3/c18-12-8-7-11(15(19)10-12)4-3-9-24-21-17(23)14-6-2-1-5-13(14)16(20)22/h1-8,10H,9H2,(H2,20,22)(H,21,23). The van der Waals surface area contributed by atoms with E-state index >= 15 is 0 Å². The highest BCUT2D eigenvalue weighted by molar-refractivity contribution is 6.35. The molecule has 2 aromatic carbocycles. The molecule has 0 saturated carbocycles. The summed E-state index contributed by atoms with van der Waals surface area (Å²) >= 11 is 11.8. The van der Waals surface area contributed by atoms with Gasteiger partial charge in [0.05, 0.1) is 17.7 Å². The molecule has 7 heteroatoms. The molecule has 0 unspecified atom stereocenters. The predicted molar refractivity (Wildman–Crippen MR) is 93.9 cm³/mol. The molecule has 0 radical (unpaired) electrons. The summed E-state index contributed by atoms with van der Waals surface area (Å²) in [5.74, 6) is -1.24. The van der Waals surface area contributed by atoms with Crippen LogP contribution in [0.3, 0.4) is 0 Å². The lowest BCUT2D eigenvalue weighted by Gasteiger charge is -2.07. The Labute approximate surface area is 149 Å². The molecule has 2 rings (SSSR count). The molecule has 0 aliphatic carbocycles. The minimum Gasteiger partial charge on any atom is -0.366 e. The van der Waals surface area contributed by atoms with Crippen LogP contribution in [0.15, 0.2) is 48.5 Å². The first kappa shape index (κ1) is 18.0. The van der Waals surface area contributed by atoms with E-state index in [1.165, 1.54) is 12.1 Å². The van der Waals surface area contributed by atoms with Crippen molar-refractivity contribution in [3.05, 3.63) is 75.3 Å². The van der Waals surface area contributed by atoms with E-state index in [0.29, 0.717) is 10.0 Å². The maximum atomic E-state index is 12.0. The Hall–Kier alpha value is -2.34. The van der Waals surface area contributed by atoms with E-state index in [0.717, 1.165) is 5.56 Å². The lowest BCUT2D eigenvalue weighted by Crippen LogP contribution is -2.27. The first-order chi connectivity index (χ1) is 11.5. The van der Waals surface area contributed by atoms with Gasteiger partial charge in [0.15, 0.2) is 0 Å². The average molecular weight is 365 g/mol. The highest BCUT2D eigenvalue weighted by Crippen LogP contribution is 2.21. The molecular formula is C17H14Cl2N2O3. The van der Waals surface area contributed by atoms with Crippen molar-refractivity contribution >= 4 is 41.1 Å². The number of primary amides is 1. The number of amides is 2. The molecule has 0 saturated heterocycles. The maximum absolute atomic E-state index is 12.0. The van der Waals surface area contributed by atoms with E-state index in [-0.39, 0.29) is 17.7 Å². The SMILES string of the molecule is NC(=O)c1ccccc1C(=O)NOCC=Cc1ccc(Cl)cc1Cl. The lowest BCUT2D eigenvalue weighted by atomic mass is 10.1. The zero-order valence-corrected chi connectivity index (χ0v) is 14.0. The Bertz CT molecular complexity index is 791. The molecule has 3 N–H and O–H groups in total. The summed E-state index contributed by atoms with van der Waals surface area (Å²) in [6.07, 6.45) is 3.41. The second kappa shape index (κ2) is 8.49. The fraction of sp³-hybridized carbons (Fsp3) is 0.0588. The maximum Gasteiger partial charge on any atom is 0.275 e. The lowest BCUT2D eigenvalue weighted by molar-refractivity contribution is 0.0420. The second-order valence-corrected chi connectivity index (χ2v) is 5.56. The molecule has 24 heavy (non-hydrogen) atoms. The van der Waals surface area contributed by atoms with Gasteiger partial charge >= 0.3 is 0 Å². The quantitative estimate of drug-likeness (QED) is 0.608. The molecule has 2 aromatic rings. The third-order valence-corrected chi connectivity index (χ3v) is 3.60. The van der Waals surface area contributed by atoms with E-state index in [2.05, 4.69) is 5.48 Å². The van der Waals surface area contributed by atoms with E-state index in [1.807, 2.05) is 0 Å². The largest absolute Gasteiger partial charge is 0.366 e. The molecular weight excluding hydrogens is 351 g/mol. The summed E-state index contributed by atoms with van der Waals surface area (Å²) in [7, 11) is 0. The first-order valence-corrected chi connectivity index (χ1v) is 7.67. The molecule has 0 aliphatic rings. The number of carbonyl (C=O) groups is 2. The third kappa shape index (κ3) is 4.83. The monoisotopic (exact) mass is 364 g/mol. The zero-order chi connectivity index (χ0) is 17.5. The van der Waals surface area contributed by atoms with Crippen LogP contribution in [0, 0.1) is 0 Å². The average Bonchev–Trinajstić information content (AvgIpc) is 2.56. The van der Waals surface area contributed by atoms with Gasteiger partial charge < -0.3 is 5.73 Å². The van der Waals surface area contributed by atoms with Crippen molar-refractivity contribution in [3.63, 3.8) is 0 Å². The third-order valence-electron chi connectivity index (χ3n) is 3.04. The van der Waals surface area contributed by atoms with Gasteiger partial charge in [-0.05, 0) is 29.8 Å². The Morgan fingerprint density at radius 2 is 1.83 bits per heavy atom. The van der Waals surface area contributed by atoms with Gasteiger partial charge in [0.25, 0.3) is 5.91 Å². The molecule has 0 spiro atoms. The molecule has 0 heterocycles. The second-order valence-electron chi connectivity index (χ2n) is 4.72. The number of hydrogen-bond donors (Lipinski definition) is 2. The molecule has 0 bridgehead atoms. The summed E-state index contributed by atoms with van der Waals surface area (Å²) in [5.41, 5.74) is 8.53. The van der Waals surface area contributed by atoms with Crippen LogP contribution in [-0.2, 0) is 4.84 Å². The van der Waals surface area contributed by atoms with Gasteiger partial charge in [0.1, 0.15) is 0 Å². The molecule has 0 atom stereocenters. The Kier molecular flexibility index (Phi) is 6.37. The summed E-state index contributed by atoms with van der Waals surface area (Å²) in [6, 6.07) is 11.3. The van der Waals surface area contributed by atoms with Crippen molar-refractivity contribution in [2.45, 2.75) is 0 Å². The molecule has 0 fully saturated rings. The van der Waals surface area contributed by atoms with Crippen LogP contribution in [0.2, 0.25) is 10.0 Å². The van der Waals surface area contributed by atoms with E-state index < -0.39 is 11.8 Å². The van der Waals surface area contributed by atoms with Gasteiger partial charge in [0.2, 0.25) is 5.91 Å². The molecule has 0 aromatic heterocycles. The molecule has 5 nitrogen and oxygen atoms in total. The van der Waals surface area contributed by atoms with E-state index in [1.54, 1.807) is 42.5 Å². The summed E-state index contributed by atoms with van der Waals surface area (Å²) in [4.78, 5) is 28.3. The van der Waals surface area contributed by atoms with Crippen molar-refractivity contribution in [1.82, 2.24) is 5.48 Å². The highest BCUT2D eigenvalue weighted by Gasteiger charge is 2.13. The zero-order valence-electron chi connectivity index (χ0n) is 12.5. The Morgan fingerprint density at radius 1 is 1.12 bits per heavy atom. The van der Waals surface area contributed by atoms with Crippen LogP contribution in [0.25, 0.3) is 6.08 Å². The van der Waals surface area contributed by atoms with Gasteiger partial charge in [-0.3, -0.25) is 14.4 Å². The van der Waals surface area contributed by atoms with Crippen LogP contribution in [-0.4, -0.2) is 18.4 Å². The van der Waals surface area contributed by atoms with Gasteiger partial charge in [-0.25, -0.2) is 5.48 Å². The van der Waals surface area contributed by atoms with Crippen molar-refractivity contribution in [1.29, 1.82) is 0 Å². The number of hydroxylamine groups is 1. The molecule has 0 aliphatic heterocycles. The first-order valence-electron chi connectivity index (χ1n) is 6.91. The van der Waals surface area contributed by atoms with Crippen molar-refractivity contribution in [2.75, 3.05) is 6.61 Å². The molecule has 2 amide bonds.